The van der Waals surface area contributed by atoms with Crippen molar-refractivity contribution in [2.75, 3.05) is 0 Å². The Morgan fingerprint density at radius 3 is 3.11 bits per heavy atom. The van der Waals surface area contributed by atoms with Crippen molar-refractivity contribution in [1.82, 2.24) is 20.5 Å². The molecule has 0 aromatic carbocycles. The molecule has 0 saturated carbocycles. The number of nitrogens with zero attached hydrogens (tertiary/aromatic N) is 2. The highest BCUT2D eigenvalue weighted by atomic mass is 79.9. The fraction of sp³-hybridized carbons (Fsp3) is 0.364. The van der Waals surface area contributed by atoms with Crippen LogP contribution in [-0.2, 0) is 13.0 Å². The van der Waals surface area contributed by atoms with Crippen molar-refractivity contribution in [2.24, 2.45) is 0 Å². The number of halogens is 1. The first-order chi connectivity index (χ1) is 8.70. The molecule has 0 saturated heterocycles. The summed E-state index contributed by atoms with van der Waals surface area (Å²) in [5.74, 6) is 0.694. The molecule has 2 rings (SSSR count). The summed E-state index contributed by atoms with van der Waals surface area (Å²) in [6.07, 6.45) is 1.77. The molecule has 2 heterocycles. The van der Waals surface area contributed by atoms with Gasteiger partial charge in [-0.25, -0.2) is 4.98 Å². The van der Waals surface area contributed by atoms with Crippen molar-refractivity contribution in [3.63, 3.8) is 0 Å². The Labute approximate surface area is 117 Å². The van der Waals surface area contributed by atoms with Crippen LogP contribution in [0.1, 0.15) is 34.7 Å². The Kier molecular flexibility index (Phi) is 4.48. The van der Waals surface area contributed by atoms with E-state index in [0.717, 1.165) is 28.0 Å². The summed E-state index contributed by atoms with van der Waals surface area (Å²) in [7, 11) is 0. The van der Waals surface area contributed by atoms with Crippen molar-refractivity contribution >= 4 is 33.2 Å². The normalized spacial score (nSPS) is 10.6. The summed E-state index contributed by atoms with van der Waals surface area (Å²) in [6, 6.07) is 1.96. The van der Waals surface area contributed by atoms with Crippen LogP contribution >= 0.6 is 27.3 Å². The van der Waals surface area contributed by atoms with Crippen molar-refractivity contribution in [1.29, 1.82) is 0 Å². The molecule has 2 aromatic rings. The van der Waals surface area contributed by atoms with Crippen LogP contribution in [0.25, 0.3) is 0 Å². The number of hydrogen-bond donors (Lipinski definition) is 2. The van der Waals surface area contributed by atoms with Gasteiger partial charge in [0, 0.05) is 15.8 Å². The van der Waals surface area contributed by atoms with Gasteiger partial charge in [0.25, 0.3) is 5.91 Å². The number of thiophene rings is 1. The number of amides is 1. The number of H-pyrrole nitrogens is 1. The maximum Gasteiger partial charge on any atom is 0.291 e. The highest BCUT2D eigenvalue weighted by Gasteiger charge is 2.12. The topological polar surface area (TPSA) is 70.7 Å². The van der Waals surface area contributed by atoms with Crippen LogP contribution < -0.4 is 5.32 Å². The number of aryl methyl sites for hydroxylation is 1. The van der Waals surface area contributed by atoms with E-state index in [1.54, 1.807) is 11.3 Å². The van der Waals surface area contributed by atoms with E-state index in [4.69, 9.17) is 0 Å². The van der Waals surface area contributed by atoms with E-state index in [0.29, 0.717) is 6.54 Å². The SMILES string of the molecule is CCCc1nc(C(=O)NCc2sccc2Br)n[nH]1. The molecule has 96 valence electrons. The third-order valence-corrected chi connectivity index (χ3v) is 4.25. The molecule has 5 nitrogen and oxygen atoms in total. The average molecular weight is 329 g/mol. The molecule has 0 bridgehead atoms. The molecule has 0 aliphatic heterocycles. The summed E-state index contributed by atoms with van der Waals surface area (Å²) < 4.78 is 1.01. The van der Waals surface area contributed by atoms with Gasteiger partial charge < -0.3 is 5.32 Å². The lowest BCUT2D eigenvalue weighted by atomic mass is 10.3. The summed E-state index contributed by atoms with van der Waals surface area (Å²) in [6.45, 7) is 2.53. The molecule has 0 radical (unpaired) electrons. The van der Waals surface area contributed by atoms with Gasteiger partial charge >= 0.3 is 0 Å². The third kappa shape index (κ3) is 3.17. The summed E-state index contributed by atoms with van der Waals surface area (Å²) >= 11 is 5.01. The van der Waals surface area contributed by atoms with Gasteiger partial charge in [0.2, 0.25) is 5.82 Å². The Morgan fingerprint density at radius 2 is 2.44 bits per heavy atom. The number of hydrogen-bond acceptors (Lipinski definition) is 4. The minimum absolute atomic E-state index is 0.200. The molecule has 1 amide bonds. The number of aromatic nitrogens is 3. The fourth-order valence-electron chi connectivity index (χ4n) is 1.44. The second-order valence-corrected chi connectivity index (χ2v) is 5.59. The lowest BCUT2D eigenvalue weighted by Gasteiger charge is -2.00. The molecule has 0 spiro atoms. The predicted octanol–water partition coefficient (Wildman–Crippen LogP) is 2.51. The van der Waals surface area contributed by atoms with E-state index in [-0.39, 0.29) is 11.7 Å². The average Bonchev–Trinajstić information content (AvgIpc) is 2.96. The summed E-state index contributed by atoms with van der Waals surface area (Å²) in [5, 5.41) is 11.4. The first-order valence-corrected chi connectivity index (χ1v) is 7.29. The number of carbonyl (C=O) groups excluding carboxylic acids is 1. The first-order valence-electron chi connectivity index (χ1n) is 5.62. The molecule has 0 aliphatic rings. The lowest BCUT2D eigenvalue weighted by Crippen LogP contribution is -2.23. The monoisotopic (exact) mass is 328 g/mol. The van der Waals surface area contributed by atoms with Crippen LogP contribution in [0.4, 0.5) is 0 Å². The maximum atomic E-state index is 11.8. The first kappa shape index (κ1) is 13.2. The zero-order chi connectivity index (χ0) is 13.0. The van der Waals surface area contributed by atoms with E-state index < -0.39 is 0 Å². The molecule has 18 heavy (non-hydrogen) atoms. The van der Waals surface area contributed by atoms with Gasteiger partial charge in [0.05, 0.1) is 6.54 Å². The molecule has 7 heteroatoms. The quantitative estimate of drug-likeness (QED) is 0.885. The van der Waals surface area contributed by atoms with E-state index in [2.05, 4.69) is 43.4 Å². The third-order valence-electron chi connectivity index (χ3n) is 2.32. The molecule has 2 aromatic heterocycles. The van der Waals surface area contributed by atoms with Gasteiger partial charge in [0.15, 0.2) is 0 Å². The Bertz CT molecular complexity index is 537. The largest absolute Gasteiger partial charge is 0.344 e. The second-order valence-electron chi connectivity index (χ2n) is 3.73. The van der Waals surface area contributed by atoms with Crippen LogP contribution in [0.3, 0.4) is 0 Å². The number of nitrogens with one attached hydrogen (secondary N) is 2. The molecule has 2 N–H and O–H groups in total. The molecule has 0 atom stereocenters. The van der Waals surface area contributed by atoms with Crippen LogP contribution in [0.5, 0.6) is 0 Å². The summed E-state index contributed by atoms with van der Waals surface area (Å²) in [4.78, 5) is 17.0. The second kappa shape index (κ2) is 6.10. The van der Waals surface area contributed by atoms with Crippen molar-refractivity contribution in [2.45, 2.75) is 26.3 Å². The minimum atomic E-state index is -0.256. The molecule has 0 unspecified atom stereocenters. The van der Waals surface area contributed by atoms with E-state index >= 15 is 0 Å². The van der Waals surface area contributed by atoms with Crippen LogP contribution in [-0.4, -0.2) is 21.1 Å². The van der Waals surface area contributed by atoms with Crippen molar-refractivity contribution in [3.8, 4) is 0 Å². The molecule has 0 fully saturated rings. The predicted molar refractivity (Wildman–Crippen MR) is 73.6 cm³/mol. The highest BCUT2D eigenvalue weighted by Crippen LogP contribution is 2.22. The van der Waals surface area contributed by atoms with Crippen LogP contribution in [0, 0.1) is 0 Å². The van der Waals surface area contributed by atoms with Crippen LogP contribution in [0.15, 0.2) is 15.9 Å². The molecular formula is C11H13BrN4OS. The van der Waals surface area contributed by atoms with E-state index in [1.165, 1.54) is 0 Å². The Hall–Kier alpha value is -1.21. The van der Waals surface area contributed by atoms with E-state index in [9.17, 15) is 4.79 Å². The maximum absolute atomic E-state index is 11.8. The smallest absolute Gasteiger partial charge is 0.291 e. The van der Waals surface area contributed by atoms with Crippen LogP contribution in [0.2, 0.25) is 0 Å². The van der Waals surface area contributed by atoms with Gasteiger partial charge in [-0.1, -0.05) is 6.92 Å². The number of rotatable bonds is 5. The number of aromatic amines is 1. The lowest BCUT2D eigenvalue weighted by molar-refractivity contribution is 0.0941. The Morgan fingerprint density at radius 1 is 1.61 bits per heavy atom. The minimum Gasteiger partial charge on any atom is -0.344 e. The van der Waals surface area contributed by atoms with E-state index in [1.807, 2.05) is 11.4 Å². The van der Waals surface area contributed by atoms with Crippen molar-refractivity contribution < 1.29 is 4.79 Å². The van der Waals surface area contributed by atoms with Gasteiger partial charge in [-0.05, 0) is 33.8 Å². The van der Waals surface area contributed by atoms with Gasteiger partial charge in [-0.2, -0.15) is 0 Å². The highest BCUT2D eigenvalue weighted by molar-refractivity contribution is 9.10. The number of carbonyl (C=O) groups is 1. The zero-order valence-corrected chi connectivity index (χ0v) is 12.3. The van der Waals surface area contributed by atoms with Gasteiger partial charge in [0.1, 0.15) is 5.82 Å². The molecule has 0 aliphatic carbocycles. The fourth-order valence-corrected chi connectivity index (χ4v) is 2.87. The summed E-state index contributed by atoms with van der Waals surface area (Å²) in [5.41, 5.74) is 0. The van der Waals surface area contributed by atoms with Gasteiger partial charge in [-0.15, -0.1) is 16.4 Å². The van der Waals surface area contributed by atoms with Gasteiger partial charge in [-0.3, -0.25) is 9.89 Å². The molecular weight excluding hydrogens is 316 g/mol. The Balaban J connectivity index is 1.93. The van der Waals surface area contributed by atoms with Crippen molar-refractivity contribution in [3.05, 3.63) is 32.4 Å². The standard InChI is InChI=1S/C11H13BrN4OS/c1-2-3-9-14-10(16-15-9)11(17)13-6-8-7(12)4-5-18-8/h4-5H,2-3,6H2,1H3,(H,13,17)(H,14,15,16). The zero-order valence-electron chi connectivity index (χ0n) is 9.86.